The van der Waals surface area contributed by atoms with Crippen molar-refractivity contribution in [3.8, 4) is 11.1 Å². The van der Waals surface area contributed by atoms with Crippen molar-refractivity contribution >= 4 is 11.9 Å². The highest BCUT2D eigenvalue weighted by Gasteiger charge is 2.27. The number of amides is 1. The van der Waals surface area contributed by atoms with E-state index in [4.69, 9.17) is 0 Å². The topological polar surface area (TPSA) is 88.4 Å². The van der Waals surface area contributed by atoms with Crippen LogP contribution in [0.5, 0.6) is 0 Å². The zero-order valence-corrected chi connectivity index (χ0v) is 22.5. The van der Waals surface area contributed by atoms with Crippen LogP contribution in [0.15, 0.2) is 65.5 Å². The monoisotopic (exact) mass is 526 g/mol. The molecular formula is C33H38N2O4. The van der Waals surface area contributed by atoms with Gasteiger partial charge in [0.25, 0.3) is 11.5 Å². The Kier molecular flexibility index (Phi) is 8.60. The molecule has 2 aliphatic rings. The van der Waals surface area contributed by atoms with Crippen LogP contribution in [0, 0.1) is 5.92 Å². The first-order valence-corrected chi connectivity index (χ1v) is 14.5. The molecular weight excluding hydrogens is 488 g/mol. The van der Waals surface area contributed by atoms with E-state index in [1.54, 1.807) is 18.2 Å². The number of aliphatic carboxylic acids is 1. The maximum Gasteiger partial charge on any atom is 0.330 e. The molecule has 5 rings (SSSR count). The van der Waals surface area contributed by atoms with Crippen molar-refractivity contribution in [2.45, 2.75) is 83.2 Å². The summed E-state index contributed by atoms with van der Waals surface area (Å²) in [6, 6.07) is 17.5. The number of rotatable bonds is 7. The van der Waals surface area contributed by atoms with E-state index in [1.807, 2.05) is 47.0 Å². The maximum absolute atomic E-state index is 13.8. The first-order chi connectivity index (χ1) is 19.0. The summed E-state index contributed by atoms with van der Waals surface area (Å²) in [7, 11) is 0. The Morgan fingerprint density at radius 3 is 2.18 bits per heavy atom. The highest BCUT2D eigenvalue weighted by atomic mass is 16.4. The second-order valence-corrected chi connectivity index (χ2v) is 11.1. The number of carbonyl (C=O) groups excluding carboxylic acids is 1. The Balaban J connectivity index is 1.44. The molecule has 1 fully saturated rings. The fourth-order valence-electron chi connectivity index (χ4n) is 6.21. The lowest BCUT2D eigenvalue weighted by Crippen LogP contribution is -2.40. The van der Waals surface area contributed by atoms with Gasteiger partial charge in [-0.1, -0.05) is 86.7 Å². The van der Waals surface area contributed by atoms with Crippen molar-refractivity contribution in [2.24, 2.45) is 5.92 Å². The molecule has 0 bridgehead atoms. The minimum absolute atomic E-state index is 0.0530. The molecule has 0 saturated heterocycles. The van der Waals surface area contributed by atoms with E-state index in [0.717, 1.165) is 73.8 Å². The third-order valence-corrected chi connectivity index (χ3v) is 8.38. The average molecular weight is 527 g/mol. The molecule has 1 saturated carbocycles. The summed E-state index contributed by atoms with van der Waals surface area (Å²) < 4.78 is 1.87. The number of benzene rings is 2. The van der Waals surface area contributed by atoms with Crippen LogP contribution >= 0.6 is 0 Å². The number of carbonyl (C=O) groups is 2. The third-order valence-electron chi connectivity index (χ3n) is 8.38. The smallest absolute Gasteiger partial charge is 0.330 e. The zero-order chi connectivity index (χ0) is 27.2. The summed E-state index contributed by atoms with van der Waals surface area (Å²) in [6.07, 6.45) is 11.9. The van der Waals surface area contributed by atoms with Crippen molar-refractivity contribution < 1.29 is 14.7 Å². The predicted molar refractivity (Wildman–Crippen MR) is 153 cm³/mol. The number of pyridine rings is 1. The first kappa shape index (κ1) is 26.9. The lowest BCUT2D eigenvalue weighted by molar-refractivity contribution is -0.139. The van der Waals surface area contributed by atoms with Crippen LogP contribution in [0.4, 0.5) is 0 Å². The summed E-state index contributed by atoms with van der Waals surface area (Å²) >= 11 is 0. The fraction of sp³-hybridized carbons (Fsp3) is 0.424. The highest BCUT2D eigenvalue weighted by Crippen LogP contribution is 2.28. The van der Waals surface area contributed by atoms with Crippen LogP contribution in [0.3, 0.4) is 0 Å². The van der Waals surface area contributed by atoms with Gasteiger partial charge in [-0.2, -0.15) is 0 Å². The van der Waals surface area contributed by atoms with Crippen LogP contribution in [-0.4, -0.2) is 21.6 Å². The Morgan fingerprint density at radius 2 is 1.49 bits per heavy atom. The van der Waals surface area contributed by atoms with Crippen molar-refractivity contribution in [1.29, 1.82) is 0 Å². The van der Waals surface area contributed by atoms with Crippen LogP contribution in [-0.2, 0) is 24.2 Å². The number of hydrogen-bond donors (Lipinski definition) is 2. The Hall–Kier alpha value is -3.67. The Morgan fingerprint density at radius 1 is 0.846 bits per heavy atom. The molecule has 6 heteroatoms. The number of carboxylic acids is 1. The first-order valence-electron chi connectivity index (χ1n) is 14.5. The van der Waals surface area contributed by atoms with Gasteiger partial charge in [0, 0.05) is 12.2 Å². The number of nitrogens with one attached hydrogen (secondary N) is 1. The van der Waals surface area contributed by atoms with E-state index in [1.165, 1.54) is 19.3 Å². The van der Waals surface area contributed by atoms with Crippen LogP contribution in [0.25, 0.3) is 11.1 Å². The summed E-state index contributed by atoms with van der Waals surface area (Å²) in [5.74, 6) is -1.34. The fourth-order valence-corrected chi connectivity index (χ4v) is 6.21. The highest BCUT2D eigenvalue weighted by molar-refractivity contribution is 5.96. The number of aryl methyl sites for hydroxylation is 1. The number of nitrogens with zero attached hydrogens (tertiary/aromatic N) is 1. The number of aromatic nitrogens is 1. The van der Waals surface area contributed by atoms with E-state index >= 15 is 0 Å². The normalized spacial score (nSPS) is 16.9. The third kappa shape index (κ3) is 6.32. The maximum atomic E-state index is 13.8. The number of hydrogen-bond acceptors (Lipinski definition) is 3. The zero-order valence-electron chi connectivity index (χ0n) is 22.5. The summed E-state index contributed by atoms with van der Waals surface area (Å²) in [4.78, 5) is 39.6. The molecule has 1 heterocycles. The van der Waals surface area contributed by atoms with E-state index in [0.29, 0.717) is 18.0 Å². The predicted octanol–water partition coefficient (Wildman–Crippen LogP) is 6.31. The van der Waals surface area contributed by atoms with Gasteiger partial charge in [0.15, 0.2) is 6.04 Å². The molecule has 204 valence electrons. The van der Waals surface area contributed by atoms with Gasteiger partial charge >= 0.3 is 5.97 Å². The van der Waals surface area contributed by atoms with E-state index in [-0.39, 0.29) is 11.1 Å². The Labute approximate surface area is 230 Å². The van der Waals surface area contributed by atoms with Crippen LogP contribution in [0.2, 0.25) is 0 Å². The molecule has 1 atom stereocenters. The quantitative estimate of drug-likeness (QED) is 0.378. The molecule has 0 spiro atoms. The van der Waals surface area contributed by atoms with Crippen molar-refractivity contribution in [3.63, 3.8) is 0 Å². The molecule has 2 aromatic carbocycles. The lowest BCUT2D eigenvalue weighted by atomic mass is 9.88. The van der Waals surface area contributed by atoms with Crippen molar-refractivity contribution in [2.75, 3.05) is 0 Å². The average Bonchev–Trinajstić information content (AvgIpc) is 2.95. The molecule has 1 aromatic heterocycles. The largest absolute Gasteiger partial charge is 0.479 e. The second kappa shape index (κ2) is 12.5. The van der Waals surface area contributed by atoms with Crippen molar-refractivity contribution in [3.05, 3.63) is 93.4 Å². The molecule has 3 aromatic rings. The van der Waals surface area contributed by atoms with E-state index in [9.17, 15) is 19.5 Å². The molecule has 2 aliphatic carbocycles. The van der Waals surface area contributed by atoms with E-state index < -0.39 is 17.9 Å². The Bertz CT molecular complexity index is 1350. The minimum atomic E-state index is -1.25. The molecule has 0 radical (unpaired) electrons. The van der Waals surface area contributed by atoms with E-state index in [2.05, 4.69) is 5.32 Å². The van der Waals surface area contributed by atoms with Gasteiger partial charge in [-0.3, -0.25) is 9.59 Å². The second-order valence-electron chi connectivity index (χ2n) is 11.1. The molecule has 1 unspecified atom stereocenters. The molecule has 6 nitrogen and oxygen atoms in total. The molecule has 0 aliphatic heterocycles. The summed E-state index contributed by atoms with van der Waals surface area (Å²) in [6.45, 7) is 0.644. The van der Waals surface area contributed by atoms with Gasteiger partial charge < -0.3 is 15.0 Å². The summed E-state index contributed by atoms with van der Waals surface area (Å²) in [5, 5.41) is 12.7. The minimum Gasteiger partial charge on any atom is -0.479 e. The summed E-state index contributed by atoms with van der Waals surface area (Å²) in [5.41, 5.74) is 4.35. The van der Waals surface area contributed by atoms with Gasteiger partial charge in [0.2, 0.25) is 0 Å². The van der Waals surface area contributed by atoms with Gasteiger partial charge in [-0.15, -0.1) is 0 Å². The number of carboxylic acid groups (broad SMARTS) is 1. The number of fused-ring (bicyclic) bond motifs is 1. The molecule has 2 N–H and O–H groups in total. The van der Waals surface area contributed by atoms with Gasteiger partial charge in [-0.05, 0) is 72.8 Å². The van der Waals surface area contributed by atoms with Crippen LogP contribution < -0.4 is 10.9 Å². The van der Waals surface area contributed by atoms with Gasteiger partial charge in [0.05, 0.1) is 0 Å². The van der Waals surface area contributed by atoms with Gasteiger partial charge in [0.1, 0.15) is 5.56 Å². The van der Waals surface area contributed by atoms with Gasteiger partial charge in [-0.25, -0.2) is 4.79 Å². The standard InChI is InChI=1S/C33H38N2O4/c36-31(34-30(33(38)39)26-19-17-25(18-20-26)24-13-8-4-9-14-24)28-21-27-15-7-1-2-10-16-29(27)35(32(28)37)22-23-11-5-3-6-12-23/h4,8-9,13-14,17-21,23,30H,1-3,5-7,10-12,15-16,22H2,(H,34,36)(H,38,39). The lowest BCUT2D eigenvalue weighted by Gasteiger charge is -2.27. The SMILES string of the molecule is O=C(NC(C(=O)O)c1ccc(-c2ccccc2)cc1)c1cc2c(n(CC3CCCCC3)c1=O)CCCCCC2. The van der Waals surface area contributed by atoms with Crippen molar-refractivity contribution in [1.82, 2.24) is 9.88 Å². The molecule has 39 heavy (non-hydrogen) atoms. The van der Waals surface area contributed by atoms with Crippen LogP contribution in [0.1, 0.15) is 91.0 Å². The molecule has 1 amide bonds.